The topological polar surface area (TPSA) is 188 Å². The van der Waals surface area contributed by atoms with Crippen molar-refractivity contribution in [2.45, 2.75) is 43.0 Å². The molecule has 0 atom stereocenters. The number of anilines is 3. The molecule has 0 aliphatic heterocycles. The van der Waals surface area contributed by atoms with Gasteiger partial charge < -0.3 is 15.6 Å². The van der Waals surface area contributed by atoms with Crippen LogP contribution in [0.2, 0.25) is 0 Å². The summed E-state index contributed by atoms with van der Waals surface area (Å²) in [6, 6.07) is 19.0. The summed E-state index contributed by atoms with van der Waals surface area (Å²) in [6.07, 6.45) is 0.0721. The van der Waals surface area contributed by atoms with Gasteiger partial charge in [-0.25, -0.2) is 13.4 Å². The number of hydrogen-bond acceptors (Lipinski definition) is 10. The monoisotopic (exact) mass is 601 g/mol. The molecule has 0 aliphatic rings. The van der Waals surface area contributed by atoms with Gasteiger partial charge in [-0.2, -0.15) is 10.5 Å². The summed E-state index contributed by atoms with van der Waals surface area (Å²) >= 11 is 1.18. The van der Waals surface area contributed by atoms with E-state index >= 15 is 0 Å². The second kappa shape index (κ2) is 12.8. The first-order valence-electron chi connectivity index (χ1n) is 12.7. The smallest absolute Gasteiger partial charge is 0.263 e. The highest BCUT2D eigenvalue weighted by Gasteiger charge is 2.21. The third-order valence-corrected chi connectivity index (χ3v) is 8.51. The number of nitriles is 2. The number of sulfonamides is 1. The van der Waals surface area contributed by atoms with Crippen molar-refractivity contribution in [2.24, 2.45) is 0 Å². The first kappa shape index (κ1) is 30.1. The number of rotatable bonds is 10. The van der Waals surface area contributed by atoms with Crippen LogP contribution in [0.5, 0.6) is 0 Å². The normalized spacial score (nSPS) is 11.1. The van der Waals surface area contributed by atoms with Crippen molar-refractivity contribution in [1.29, 1.82) is 10.5 Å². The van der Waals surface area contributed by atoms with Crippen LogP contribution in [0.25, 0.3) is 11.1 Å². The lowest BCUT2D eigenvalue weighted by Gasteiger charge is -2.14. The van der Waals surface area contributed by atoms with Gasteiger partial charge in [0.25, 0.3) is 10.0 Å². The summed E-state index contributed by atoms with van der Waals surface area (Å²) in [5, 5.41) is 26.4. The summed E-state index contributed by atoms with van der Waals surface area (Å²) in [5.41, 5.74) is 9.07. The first-order valence-corrected chi connectivity index (χ1v) is 15.2. The summed E-state index contributed by atoms with van der Waals surface area (Å²) in [7, 11) is -3.89. The number of hydrogen-bond donors (Lipinski definition) is 3. The summed E-state index contributed by atoms with van der Waals surface area (Å²) in [6.45, 7) is 5.79. The fourth-order valence-electron chi connectivity index (χ4n) is 4.02. The van der Waals surface area contributed by atoms with E-state index < -0.39 is 10.0 Å². The molecule has 42 heavy (non-hydrogen) atoms. The van der Waals surface area contributed by atoms with Crippen molar-refractivity contribution >= 4 is 45.0 Å². The van der Waals surface area contributed by atoms with Crippen LogP contribution >= 0.6 is 11.8 Å². The molecule has 0 unspecified atom stereocenters. The number of pyridine rings is 1. The Morgan fingerprint density at radius 3 is 2.31 bits per heavy atom. The van der Waals surface area contributed by atoms with Crippen molar-refractivity contribution in [3.63, 3.8) is 0 Å². The van der Waals surface area contributed by atoms with E-state index in [1.807, 2.05) is 24.3 Å². The Morgan fingerprint density at radius 1 is 1.07 bits per heavy atom. The lowest BCUT2D eigenvalue weighted by atomic mass is 9.94. The Bertz CT molecular complexity index is 1800. The van der Waals surface area contributed by atoms with Gasteiger partial charge in [0.1, 0.15) is 34.3 Å². The van der Waals surface area contributed by atoms with E-state index in [1.165, 1.54) is 42.1 Å². The Labute approximate surface area is 247 Å². The van der Waals surface area contributed by atoms with Gasteiger partial charge in [0.05, 0.1) is 10.5 Å². The maximum atomic E-state index is 12.6. The molecule has 2 aromatic carbocycles. The molecule has 2 aromatic heterocycles. The highest BCUT2D eigenvalue weighted by molar-refractivity contribution is 7.99. The molecule has 0 radical (unpaired) electrons. The van der Waals surface area contributed by atoms with Crippen LogP contribution in [-0.2, 0) is 14.8 Å². The van der Waals surface area contributed by atoms with Gasteiger partial charge >= 0.3 is 0 Å². The van der Waals surface area contributed by atoms with Crippen molar-refractivity contribution in [2.75, 3.05) is 21.5 Å². The molecule has 11 nitrogen and oxygen atoms in total. The van der Waals surface area contributed by atoms with E-state index in [9.17, 15) is 23.7 Å². The summed E-state index contributed by atoms with van der Waals surface area (Å²) in [4.78, 5) is 16.9. The predicted octanol–water partition coefficient (Wildman–Crippen LogP) is 5.42. The fraction of sp³-hybridized carbons (Fsp3) is 0.207. The third-order valence-electron chi connectivity index (χ3n) is 6.16. The molecular weight excluding hydrogens is 574 g/mol. The average molecular weight is 602 g/mol. The third kappa shape index (κ3) is 6.89. The van der Waals surface area contributed by atoms with Gasteiger partial charge in [-0.05, 0) is 48.2 Å². The summed E-state index contributed by atoms with van der Waals surface area (Å²) in [5.74, 6) is 0.813. The predicted molar refractivity (Wildman–Crippen MR) is 160 cm³/mol. The highest BCUT2D eigenvalue weighted by Crippen LogP contribution is 2.36. The number of nitrogens with one attached hydrogen (secondary N) is 2. The zero-order chi connectivity index (χ0) is 30.4. The molecule has 0 bridgehead atoms. The molecule has 0 aliphatic carbocycles. The van der Waals surface area contributed by atoms with Crippen LogP contribution < -0.4 is 15.8 Å². The van der Waals surface area contributed by atoms with Crippen molar-refractivity contribution < 1.29 is 17.7 Å². The number of benzene rings is 2. The lowest BCUT2D eigenvalue weighted by molar-refractivity contribution is -0.115. The molecule has 1 amide bonds. The molecule has 4 aromatic rings. The Morgan fingerprint density at radius 2 is 1.74 bits per heavy atom. The van der Waals surface area contributed by atoms with Gasteiger partial charge in [0.2, 0.25) is 5.91 Å². The first-order chi connectivity index (χ1) is 20.0. The van der Waals surface area contributed by atoms with Gasteiger partial charge in [0, 0.05) is 29.5 Å². The van der Waals surface area contributed by atoms with Crippen LogP contribution in [0, 0.1) is 29.6 Å². The minimum absolute atomic E-state index is 0.00889. The molecule has 2 heterocycles. The van der Waals surface area contributed by atoms with Crippen LogP contribution in [0.3, 0.4) is 0 Å². The Kier molecular flexibility index (Phi) is 9.15. The zero-order valence-corrected chi connectivity index (χ0v) is 24.6. The average Bonchev–Trinajstić information content (AvgIpc) is 3.36. The number of thioether (sulfide) groups is 1. The van der Waals surface area contributed by atoms with Gasteiger partial charge in [-0.15, -0.1) is 11.8 Å². The lowest BCUT2D eigenvalue weighted by Crippen LogP contribution is -2.14. The number of carbonyl (C=O) groups is 1. The number of nitrogens with zero attached hydrogens (tertiary/aromatic N) is 4. The second-order valence-electron chi connectivity index (χ2n) is 9.53. The Hall–Kier alpha value is -4.85. The van der Waals surface area contributed by atoms with Crippen LogP contribution in [0.4, 0.5) is 17.3 Å². The minimum Gasteiger partial charge on any atom is -0.383 e. The van der Waals surface area contributed by atoms with Crippen molar-refractivity contribution in [1.82, 2.24) is 10.1 Å². The van der Waals surface area contributed by atoms with Crippen LogP contribution in [0.15, 0.2) is 69.0 Å². The number of carbonyl (C=O) groups excluding carboxylic acids is 1. The van der Waals surface area contributed by atoms with Gasteiger partial charge in [-0.3, -0.25) is 9.52 Å². The zero-order valence-electron chi connectivity index (χ0n) is 23.0. The molecule has 214 valence electrons. The van der Waals surface area contributed by atoms with E-state index in [-0.39, 0.29) is 45.7 Å². The van der Waals surface area contributed by atoms with Crippen LogP contribution in [0.1, 0.15) is 48.6 Å². The SMILES string of the molecule is Cc1cc(NS(=O)(=O)c2ccc(NC(=O)CCSc3nc(N)c(C#N)c(-c4ccc(C(C)C)cc4)c3C#N)cc2)no1. The van der Waals surface area contributed by atoms with Crippen molar-refractivity contribution in [3.05, 3.63) is 77.0 Å². The standard InChI is InChI=1S/C29H27N7O4S2/c1-17(2)19-4-6-20(7-5-19)27-23(15-30)28(32)34-29(24(27)16-31)41-13-12-26(37)33-21-8-10-22(11-9-21)42(38,39)36-25-14-18(3)40-35-25/h4-11,14,17H,12-13H2,1-3H3,(H2,32,34)(H,33,37)(H,35,36). The maximum Gasteiger partial charge on any atom is 0.263 e. The van der Waals surface area contributed by atoms with E-state index in [0.717, 1.165) is 5.56 Å². The molecule has 0 fully saturated rings. The van der Waals surface area contributed by atoms with Crippen molar-refractivity contribution in [3.8, 4) is 23.3 Å². The van der Waals surface area contributed by atoms with E-state index in [1.54, 1.807) is 6.92 Å². The molecule has 0 saturated carbocycles. The second-order valence-corrected chi connectivity index (χ2v) is 12.3. The van der Waals surface area contributed by atoms with E-state index in [2.05, 4.69) is 46.2 Å². The number of nitrogens with two attached hydrogens (primary N) is 1. The minimum atomic E-state index is -3.89. The van der Waals surface area contributed by atoms with Gasteiger partial charge in [0.15, 0.2) is 5.82 Å². The molecule has 0 saturated heterocycles. The molecule has 13 heteroatoms. The number of aromatic nitrogens is 2. The highest BCUT2D eigenvalue weighted by atomic mass is 32.2. The fourth-order valence-corrected chi connectivity index (χ4v) is 5.94. The quantitative estimate of drug-likeness (QED) is 0.198. The maximum absolute atomic E-state index is 12.6. The number of aryl methyl sites for hydroxylation is 1. The van der Waals surface area contributed by atoms with Gasteiger partial charge in [-0.1, -0.05) is 43.3 Å². The number of nitrogen functional groups attached to an aromatic ring is 1. The molecule has 4 N–H and O–H groups in total. The van der Waals surface area contributed by atoms with Crippen LogP contribution in [-0.4, -0.2) is 30.2 Å². The summed E-state index contributed by atoms with van der Waals surface area (Å²) < 4.78 is 32.3. The Balaban J connectivity index is 1.43. The van der Waals surface area contributed by atoms with E-state index in [0.29, 0.717) is 33.5 Å². The molecule has 4 rings (SSSR count). The largest absolute Gasteiger partial charge is 0.383 e. The molecular formula is C29H27N7O4S2. The molecule has 0 spiro atoms. The van der Waals surface area contributed by atoms with E-state index in [4.69, 9.17) is 10.3 Å². The number of amides is 1.